The first-order valence-electron chi connectivity index (χ1n) is 8.69. The first-order valence-corrected chi connectivity index (χ1v) is 8.69. The van der Waals surface area contributed by atoms with Crippen molar-refractivity contribution in [3.63, 3.8) is 0 Å². The van der Waals surface area contributed by atoms with Gasteiger partial charge >= 0.3 is 5.97 Å². The predicted octanol–water partition coefficient (Wildman–Crippen LogP) is 3.50. The van der Waals surface area contributed by atoms with Crippen LogP contribution in [0.3, 0.4) is 0 Å². The third-order valence-corrected chi connectivity index (χ3v) is 5.50. The third-order valence-electron chi connectivity index (χ3n) is 5.50. The number of benzene rings is 1. The summed E-state index contributed by atoms with van der Waals surface area (Å²) in [6, 6.07) is 7.46. The van der Waals surface area contributed by atoms with Gasteiger partial charge in [-0.25, -0.2) is 0 Å². The van der Waals surface area contributed by atoms with Crippen LogP contribution in [0.1, 0.15) is 60.9 Å². The molecule has 2 fully saturated rings. The van der Waals surface area contributed by atoms with Crippen LogP contribution in [-0.4, -0.2) is 35.0 Å². The van der Waals surface area contributed by atoms with Crippen LogP contribution in [0.5, 0.6) is 0 Å². The maximum Gasteiger partial charge on any atom is 0.303 e. The van der Waals surface area contributed by atoms with Gasteiger partial charge in [-0.2, -0.15) is 0 Å². The normalized spacial score (nSPS) is 19.9. The lowest BCUT2D eigenvalue weighted by atomic mass is 9.73. The zero-order valence-corrected chi connectivity index (χ0v) is 13.6. The Bertz CT molecular complexity index is 590. The topological polar surface area (TPSA) is 57.6 Å². The van der Waals surface area contributed by atoms with E-state index in [1.165, 1.54) is 32.1 Å². The lowest BCUT2D eigenvalue weighted by Gasteiger charge is -2.33. The number of carbonyl (C=O) groups is 2. The van der Waals surface area contributed by atoms with E-state index in [0.717, 1.165) is 25.1 Å². The molecule has 1 aliphatic heterocycles. The number of hydrogen-bond donors (Lipinski definition) is 1. The summed E-state index contributed by atoms with van der Waals surface area (Å²) in [7, 11) is 0. The molecule has 0 radical (unpaired) electrons. The van der Waals surface area contributed by atoms with Crippen molar-refractivity contribution in [2.45, 2.75) is 51.4 Å². The fraction of sp³-hybridized carbons (Fsp3) is 0.579. The molecule has 1 amide bonds. The van der Waals surface area contributed by atoms with Crippen molar-refractivity contribution in [1.82, 2.24) is 4.90 Å². The van der Waals surface area contributed by atoms with Crippen molar-refractivity contribution in [3.05, 3.63) is 35.4 Å². The van der Waals surface area contributed by atoms with E-state index >= 15 is 0 Å². The molecule has 2 aliphatic rings. The minimum absolute atomic E-state index is 0.0637. The second-order valence-corrected chi connectivity index (χ2v) is 7.09. The van der Waals surface area contributed by atoms with Gasteiger partial charge in [0.15, 0.2) is 0 Å². The van der Waals surface area contributed by atoms with E-state index in [2.05, 4.69) is 0 Å². The van der Waals surface area contributed by atoms with Crippen LogP contribution in [0, 0.1) is 5.41 Å². The molecule has 0 bridgehead atoms. The van der Waals surface area contributed by atoms with Crippen molar-refractivity contribution in [1.29, 1.82) is 0 Å². The standard InChI is InChI=1S/C19H25NO3/c21-17(22)9-8-15-6-2-3-7-16(15)18(23)20-13-12-19(14-20)10-4-1-5-11-19/h2-3,6-7H,1,4-5,8-14H2,(H,21,22). The van der Waals surface area contributed by atoms with Gasteiger partial charge < -0.3 is 10.0 Å². The van der Waals surface area contributed by atoms with Gasteiger partial charge in [0.25, 0.3) is 5.91 Å². The Kier molecular flexibility index (Phi) is 4.69. The average molecular weight is 315 g/mol. The molecule has 0 aromatic heterocycles. The number of aliphatic carboxylic acids is 1. The molecule has 1 aromatic rings. The minimum Gasteiger partial charge on any atom is -0.481 e. The molecule has 1 heterocycles. The summed E-state index contributed by atoms with van der Waals surface area (Å²) in [5, 5.41) is 8.89. The molecule has 1 spiro atoms. The molecular formula is C19H25NO3. The molecule has 124 valence electrons. The van der Waals surface area contributed by atoms with E-state index in [1.807, 2.05) is 29.2 Å². The lowest BCUT2D eigenvalue weighted by Crippen LogP contribution is -2.33. The highest BCUT2D eigenvalue weighted by atomic mass is 16.4. The summed E-state index contributed by atoms with van der Waals surface area (Å²) in [6.07, 6.45) is 8.00. The van der Waals surface area contributed by atoms with E-state index in [4.69, 9.17) is 5.11 Å². The fourth-order valence-electron chi connectivity index (χ4n) is 4.18. The highest BCUT2D eigenvalue weighted by Crippen LogP contribution is 2.44. The van der Waals surface area contributed by atoms with E-state index in [0.29, 0.717) is 17.4 Å². The van der Waals surface area contributed by atoms with Crippen LogP contribution >= 0.6 is 0 Å². The van der Waals surface area contributed by atoms with Crippen LogP contribution < -0.4 is 0 Å². The van der Waals surface area contributed by atoms with Crippen LogP contribution in [0.15, 0.2) is 24.3 Å². The molecule has 1 saturated heterocycles. The van der Waals surface area contributed by atoms with E-state index < -0.39 is 5.97 Å². The number of amides is 1. The summed E-state index contributed by atoms with van der Waals surface area (Å²) < 4.78 is 0. The van der Waals surface area contributed by atoms with Gasteiger partial charge in [-0.1, -0.05) is 37.5 Å². The van der Waals surface area contributed by atoms with Gasteiger partial charge in [-0.3, -0.25) is 9.59 Å². The summed E-state index contributed by atoms with van der Waals surface area (Å²) >= 11 is 0. The van der Waals surface area contributed by atoms with Gasteiger partial charge in [-0.05, 0) is 42.7 Å². The molecule has 1 N–H and O–H groups in total. The quantitative estimate of drug-likeness (QED) is 0.925. The first kappa shape index (κ1) is 16.0. The smallest absolute Gasteiger partial charge is 0.303 e. The first-order chi connectivity index (χ1) is 11.1. The summed E-state index contributed by atoms with van der Waals surface area (Å²) in [5.74, 6) is -0.747. The molecular weight excluding hydrogens is 290 g/mol. The Morgan fingerprint density at radius 1 is 1.09 bits per heavy atom. The van der Waals surface area contributed by atoms with E-state index in [9.17, 15) is 9.59 Å². The number of aryl methyl sites for hydroxylation is 1. The molecule has 1 aliphatic carbocycles. The summed E-state index contributed by atoms with van der Waals surface area (Å²) in [5.41, 5.74) is 1.88. The minimum atomic E-state index is -0.824. The molecule has 4 heteroatoms. The van der Waals surface area contributed by atoms with Crippen molar-refractivity contribution in [3.8, 4) is 0 Å². The Balaban J connectivity index is 1.72. The lowest BCUT2D eigenvalue weighted by molar-refractivity contribution is -0.136. The number of hydrogen-bond acceptors (Lipinski definition) is 2. The largest absolute Gasteiger partial charge is 0.481 e. The summed E-state index contributed by atoms with van der Waals surface area (Å²) in [6.45, 7) is 1.71. The van der Waals surface area contributed by atoms with Gasteiger partial charge in [0.1, 0.15) is 0 Å². The molecule has 23 heavy (non-hydrogen) atoms. The Hall–Kier alpha value is -1.84. The maximum absolute atomic E-state index is 12.9. The van der Waals surface area contributed by atoms with Crippen LogP contribution in [0.4, 0.5) is 0 Å². The highest BCUT2D eigenvalue weighted by Gasteiger charge is 2.40. The predicted molar refractivity (Wildman–Crippen MR) is 88.4 cm³/mol. The zero-order valence-electron chi connectivity index (χ0n) is 13.6. The molecule has 3 rings (SSSR count). The second kappa shape index (κ2) is 6.73. The van der Waals surface area contributed by atoms with Crippen molar-refractivity contribution in [2.24, 2.45) is 5.41 Å². The number of carboxylic acid groups (broad SMARTS) is 1. The molecule has 0 unspecified atom stereocenters. The van der Waals surface area contributed by atoms with E-state index in [-0.39, 0.29) is 12.3 Å². The van der Waals surface area contributed by atoms with Gasteiger partial charge in [0.05, 0.1) is 0 Å². The second-order valence-electron chi connectivity index (χ2n) is 7.09. The average Bonchev–Trinajstić information content (AvgIpc) is 2.96. The zero-order chi connectivity index (χ0) is 16.3. The number of rotatable bonds is 4. The van der Waals surface area contributed by atoms with Crippen molar-refractivity contribution < 1.29 is 14.7 Å². The van der Waals surface area contributed by atoms with Crippen LogP contribution in [0.25, 0.3) is 0 Å². The summed E-state index contributed by atoms with van der Waals surface area (Å²) in [4.78, 5) is 25.7. The maximum atomic E-state index is 12.9. The van der Waals surface area contributed by atoms with Gasteiger partial charge in [0, 0.05) is 25.1 Å². The number of carbonyl (C=O) groups excluding carboxylic acids is 1. The Morgan fingerprint density at radius 3 is 2.57 bits per heavy atom. The molecule has 4 nitrogen and oxygen atoms in total. The van der Waals surface area contributed by atoms with E-state index in [1.54, 1.807) is 0 Å². The molecule has 0 atom stereocenters. The fourth-order valence-corrected chi connectivity index (χ4v) is 4.18. The number of carboxylic acids is 1. The van der Waals surface area contributed by atoms with Gasteiger partial charge in [-0.15, -0.1) is 0 Å². The highest BCUT2D eigenvalue weighted by molar-refractivity contribution is 5.96. The van der Waals surface area contributed by atoms with Crippen molar-refractivity contribution >= 4 is 11.9 Å². The van der Waals surface area contributed by atoms with Crippen LogP contribution in [0.2, 0.25) is 0 Å². The monoisotopic (exact) mass is 315 g/mol. The number of likely N-dealkylation sites (tertiary alicyclic amines) is 1. The van der Waals surface area contributed by atoms with Crippen molar-refractivity contribution in [2.75, 3.05) is 13.1 Å². The molecule has 1 saturated carbocycles. The molecule has 1 aromatic carbocycles. The Labute approximate surface area is 137 Å². The Morgan fingerprint density at radius 2 is 1.83 bits per heavy atom. The number of nitrogens with zero attached hydrogens (tertiary/aromatic N) is 1. The van der Waals surface area contributed by atoms with Crippen LogP contribution in [-0.2, 0) is 11.2 Å². The third kappa shape index (κ3) is 3.57. The SMILES string of the molecule is O=C(O)CCc1ccccc1C(=O)N1CCC2(CCCCC2)C1. The van der Waals surface area contributed by atoms with Gasteiger partial charge in [0.2, 0.25) is 0 Å².